The van der Waals surface area contributed by atoms with Crippen LogP contribution < -0.4 is 9.47 Å². The number of carbonyl (C=O) groups is 3. The molecule has 4 rings (SSSR count). The number of benzene rings is 2. The van der Waals surface area contributed by atoms with Gasteiger partial charge in [-0.15, -0.1) is 5.06 Å². The number of imide groups is 1. The molecule has 0 N–H and O–H groups in total. The normalized spacial score (nSPS) is 13.6. The van der Waals surface area contributed by atoms with E-state index in [1.54, 1.807) is 55.6 Å². The number of hydrogen-bond donors (Lipinski definition) is 0. The number of pyridine rings is 1. The average molecular weight is 406 g/mol. The Hall–Kier alpha value is -3.94. The number of nitrogens with zero attached hydrogens (tertiary/aromatic N) is 2. The third-order valence-electron chi connectivity index (χ3n) is 4.80. The number of hydroxylamine groups is 2. The second kappa shape index (κ2) is 7.82. The largest absolute Gasteiger partial charge is 0.493 e. The summed E-state index contributed by atoms with van der Waals surface area (Å²) in [5, 5.41) is 1.08. The summed E-state index contributed by atoms with van der Waals surface area (Å²) in [6, 6.07) is 13.9. The summed E-state index contributed by atoms with van der Waals surface area (Å²) in [5.74, 6) is -0.798. The summed E-state index contributed by atoms with van der Waals surface area (Å²) in [4.78, 5) is 46.3. The van der Waals surface area contributed by atoms with E-state index in [9.17, 15) is 14.4 Å². The third-order valence-corrected chi connectivity index (χ3v) is 4.80. The van der Waals surface area contributed by atoms with Crippen LogP contribution in [0.15, 0.2) is 48.5 Å². The Balaban J connectivity index is 1.79. The maximum absolute atomic E-state index is 12.9. The molecule has 2 amide bonds. The molecule has 1 fully saturated rings. The summed E-state index contributed by atoms with van der Waals surface area (Å²) in [7, 11) is 3.07. The fourth-order valence-electron chi connectivity index (χ4n) is 3.28. The Kier molecular flexibility index (Phi) is 5.05. The van der Waals surface area contributed by atoms with E-state index in [-0.39, 0.29) is 18.4 Å². The second-order valence-electron chi connectivity index (χ2n) is 6.60. The van der Waals surface area contributed by atoms with Gasteiger partial charge in [0.2, 0.25) is 0 Å². The SMILES string of the molecule is COc1ccc(-c2cc(C(=O)ON3C(=O)CCC3=O)c3ccccc3n2)cc1OC. The molecular weight excluding hydrogens is 388 g/mol. The number of aromatic nitrogens is 1. The van der Waals surface area contributed by atoms with Gasteiger partial charge in [-0.2, -0.15) is 0 Å². The molecule has 30 heavy (non-hydrogen) atoms. The first-order chi connectivity index (χ1) is 14.5. The van der Waals surface area contributed by atoms with E-state index >= 15 is 0 Å². The van der Waals surface area contributed by atoms with Gasteiger partial charge in [-0.05, 0) is 30.3 Å². The van der Waals surface area contributed by atoms with Gasteiger partial charge >= 0.3 is 5.97 Å². The van der Waals surface area contributed by atoms with Gasteiger partial charge in [-0.25, -0.2) is 9.78 Å². The van der Waals surface area contributed by atoms with E-state index in [2.05, 4.69) is 4.98 Å². The average Bonchev–Trinajstić information content (AvgIpc) is 3.09. The lowest BCUT2D eigenvalue weighted by Gasteiger charge is -2.15. The standard InChI is InChI=1S/C22H18N2O6/c1-28-18-8-7-13(11-19(18)29-2)17-12-15(14-5-3-4-6-16(14)23-17)22(27)30-24-20(25)9-10-21(24)26/h3-8,11-12H,9-10H2,1-2H3. The zero-order chi connectivity index (χ0) is 21.3. The van der Waals surface area contributed by atoms with Crippen LogP contribution >= 0.6 is 0 Å². The highest BCUT2D eigenvalue weighted by molar-refractivity contribution is 6.07. The summed E-state index contributed by atoms with van der Waals surface area (Å²) < 4.78 is 10.6. The number of amides is 2. The van der Waals surface area contributed by atoms with Gasteiger partial charge < -0.3 is 14.3 Å². The lowest BCUT2D eigenvalue weighted by molar-refractivity contribution is -0.172. The number of hydrogen-bond acceptors (Lipinski definition) is 7. The van der Waals surface area contributed by atoms with Crippen LogP contribution in [0.3, 0.4) is 0 Å². The highest BCUT2D eigenvalue weighted by atomic mass is 16.7. The molecule has 0 atom stereocenters. The highest BCUT2D eigenvalue weighted by Gasteiger charge is 2.33. The number of carbonyl (C=O) groups excluding carboxylic acids is 3. The van der Waals surface area contributed by atoms with Crippen molar-refractivity contribution >= 4 is 28.7 Å². The van der Waals surface area contributed by atoms with Gasteiger partial charge in [0.05, 0.1) is 31.0 Å². The van der Waals surface area contributed by atoms with E-state index in [4.69, 9.17) is 14.3 Å². The summed E-state index contributed by atoms with van der Waals surface area (Å²) in [5.41, 5.74) is 1.95. The van der Waals surface area contributed by atoms with Crippen LogP contribution in [0, 0.1) is 0 Å². The van der Waals surface area contributed by atoms with Crippen LogP contribution in [-0.4, -0.2) is 42.1 Å². The van der Waals surface area contributed by atoms with Gasteiger partial charge in [0.1, 0.15) is 0 Å². The molecule has 0 spiro atoms. The molecule has 3 aromatic rings. The van der Waals surface area contributed by atoms with Gasteiger partial charge in [-0.3, -0.25) is 9.59 Å². The minimum Gasteiger partial charge on any atom is -0.493 e. The molecule has 1 aromatic heterocycles. The predicted octanol–water partition coefficient (Wildman–Crippen LogP) is 3.14. The Morgan fingerprint density at radius 2 is 1.63 bits per heavy atom. The first kappa shape index (κ1) is 19.4. The first-order valence-corrected chi connectivity index (χ1v) is 9.22. The number of ether oxygens (including phenoxy) is 2. The zero-order valence-electron chi connectivity index (χ0n) is 16.4. The van der Waals surface area contributed by atoms with Crippen molar-refractivity contribution in [2.75, 3.05) is 14.2 Å². The molecule has 1 saturated heterocycles. The third kappa shape index (κ3) is 3.43. The van der Waals surface area contributed by atoms with Crippen molar-refractivity contribution in [3.8, 4) is 22.8 Å². The minimum atomic E-state index is -0.807. The smallest absolute Gasteiger partial charge is 0.364 e. The molecule has 0 radical (unpaired) electrons. The Morgan fingerprint density at radius 1 is 0.933 bits per heavy atom. The van der Waals surface area contributed by atoms with Gasteiger partial charge in [0, 0.05) is 23.8 Å². The number of para-hydroxylation sites is 1. The van der Waals surface area contributed by atoms with E-state index < -0.39 is 17.8 Å². The second-order valence-corrected chi connectivity index (χ2v) is 6.60. The molecule has 1 aliphatic rings. The van der Waals surface area contributed by atoms with Crippen LogP contribution in [0.4, 0.5) is 0 Å². The molecule has 0 aliphatic carbocycles. The van der Waals surface area contributed by atoms with Gasteiger partial charge in [0.15, 0.2) is 11.5 Å². The molecule has 152 valence electrons. The number of fused-ring (bicyclic) bond motifs is 1. The van der Waals surface area contributed by atoms with Crippen LogP contribution in [-0.2, 0) is 14.4 Å². The molecule has 0 saturated carbocycles. The fraction of sp³-hybridized carbons (Fsp3) is 0.182. The molecule has 8 heteroatoms. The van der Waals surface area contributed by atoms with Crippen molar-refractivity contribution < 1.29 is 28.7 Å². The van der Waals surface area contributed by atoms with Crippen molar-refractivity contribution in [3.63, 3.8) is 0 Å². The van der Waals surface area contributed by atoms with E-state index in [0.29, 0.717) is 38.7 Å². The maximum Gasteiger partial charge on any atom is 0.364 e. The molecular formula is C22H18N2O6. The molecule has 2 aromatic carbocycles. The van der Waals surface area contributed by atoms with Crippen LogP contribution in [0.2, 0.25) is 0 Å². The predicted molar refractivity (Wildman–Crippen MR) is 107 cm³/mol. The first-order valence-electron chi connectivity index (χ1n) is 9.22. The molecule has 8 nitrogen and oxygen atoms in total. The van der Waals surface area contributed by atoms with Crippen LogP contribution in [0.5, 0.6) is 11.5 Å². The van der Waals surface area contributed by atoms with Gasteiger partial charge in [-0.1, -0.05) is 18.2 Å². The summed E-state index contributed by atoms with van der Waals surface area (Å²) in [6.45, 7) is 0. The lowest BCUT2D eigenvalue weighted by atomic mass is 10.0. The molecule has 0 bridgehead atoms. The van der Waals surface area contributed by atoms with E-state index in [1.165, 1.54) is 7.11 Å². The van der Waals surface area contributed by atoms with Crippen molar-refractivity contribution in [2.24, 2.45) is 0 Å². The lowest BCUT2D eigenvalue weighted by Crippen LogP contribution is -2.32. The van der Waals surface area contributed by atoms with Gasteiger partial charge in [0.25, 0.3) is 11.8 Å². The quantitative estimate of drug-likeness (QED) is 0.601. The monoisotopic (exact) mass is 406 g/mol. The minimum absolute atomic E-state index is 0.0279. The molecule has 1 aliphatic heterocycles. The van der Waals surface area contributed by atoms with Crippen molar-refractivity contribution in [3.05, 3.63) is 54.1 Å². The van der Waals surface area contributed by atoms with E-state index in [0.717, 1.165) is 0 Å². The Morgan fingerprint density at radius 3 is 2.33 bits per heavy atom. The van der Waals surface area contributed by atoms with Crippen molar-refractivity contribution in [1.29, 1.82) is 0 Å². The van der Waals surface area contributed by atoms with E-state index in [1.807, 2.05) is 0 Å². The molecule has 0 unspecified atom stereocenters. The van der Waals surface area contributed by atoms with Crippen molar-refractivity contribution in [2.45, 2.75) is 12.8 Å². The van der Waals surface area contributed by atoms with Crippen molar-refractivity contribution in [1.82, 2.24) is 10.0 Å². The topological polar surface area (TPSA) is 95.0 Å². The summed E-state index contributed by atoms with van der Waals surface area (Å²) in [6.07, 6.45) is 0.0558. The Bertz CT molecular complexity index is 1160. The number of methoxy groups -OCH3 is 2. The molecule has 2 heterocycles. The zero-order valence-corrected chi connectivity index (χ0v) is 16.4. The number of rotatable bonds is 5. The maximum atomic E-state index is 12.9. The highest BCUT2D eigenvalue weighted by Crippen LogP contribution is 2.33. The fourth-order valence-corrected chi connectivity index (χ4v) is 3.28. The summed E-state index contributed by atoms with van der Waals surface area (Å²) >= 11 is 0. The van der Waals surface area contributed by atoms with Crippen LogP contribution in [0.25, 0.3) is 22.2 Å². The van der Waals surface area contributed by atoms with Crippen LogP contribution in [0.1, 0.15) is 23.2 Å². The Labute approximate surface area is 171 Å².